The van der Waals surface area contributed by atoms with Crippen LogP contribution >= 0.6 is 0 Å². The van der Waals surface area contributed by atoms with Crippen LogP contribution in [0, 0.1) is 0 Å². The molecule has 66 valence electrons. The number of fused-ring (bicyclic) bond motifs is 1. The minimum Gasteiger partial charge on any atom is -0.362 e. The fourth-order valence-electron chi connectivity index (χ4n) is 2.04. The van der Waals surface area contributed by atoms with Crippen molar-refractivity contribution in [3.63, 3.8) is 0 Å². The molecule has 1 heterocycles. The first-order chi connectivity index (χ1) is 5.90. The fraction of sp³-hybridized carbons (Fsp3) is 0.636. The highest BCUT2D eigenvalue weighted by Gasteiger charge is 2.09. The van der Waals surface area contributed by atoms with Crippen molar-refractivity contribution < 1.29 is 0 Å². The number of nitrogens with one attached hydrogen (secondary N) is 1. The maximum absolute atomic E-state index is 3.52. The molecule has 1 nitrogen and oxygen atoms in total. The van der Waals surface area contributed by atoms with Gasteiger partial charge >= 0.3 is 0 Å². The maximum atomic E-state index is 3.52. The van der Waals surface area contributed by atoms with Crippen molar-refractivity contribution in [2.45, 2.75) is 45.4 Å². The van der Waals surface area contributed by atoms with E-state index in [9.17, 15) is 0 Å². The second-order valence-corrected chi connectivity index (χ2v) is 3.71. The van der Waals surface area contributed by atoms with Crippen LogP contribution in [0.2, 0.25) is 0 Å². The van der Waals surface area contributed by atoms with E-state index in [0.29, 0.717) is 0 Å². The second-order valence-electron chi connectivity index (χ2n) is 3.71. The predicted molar refractivity (Wildman–Crippen MR) is 51.4 cm³/mol. The zero-order chi connectivity index (χ0) is 8.39. The molecule has 1 heteroatoms. The molecule has 0 radical (unpaired) electrons. The molecule has 0 amide bonds. The van der Waals surface area contributed by atoms with Crippen LogP contribution in [0.4, 0.5) is 0 Å². The summed E-state index contributed by atoms with van der Waals surface area (Å²) < 4.78 is 0. The van der Waals surface area contributed by atoms with E-state index < -0.39 is 0 Å². The van der Waals surface area contributed by atoms with Gasteiger partial charge in [0, 0.05) is 11.4 Å². The van der Waals surface area contributed by atoms with E-state index in [-0.39, 0.29) is 0 Å². The number of rotatable bonds is 1. The topological polar surface area (TPSA) is 15.8 Å². The highest BCUT2D eigenvalue weighted by Crippen LogP contribution is 2.21. The molecule has 1 aromatic heterocycles. The van der Waals surface area contributed by atoms with E-state index in [1.54, 1.807) is 5.56 Å². The van der Waals surface area contributed by atoms with Gasteiger partial charge in [-0.2, -0.15) is 0 Å². The molecular weight excluding hydrogens is 146 g/mol. The molecular formula is C11H17N. The van der Waals surface area contributed by atoms with Crippen LogP contribution in [0.5, 0.6) is 0 Å². The number of aromatic nitrogens is 1. The van der Waals surface area contributed by atoms with Gasteiger partial charge in [-0.3, -0.25) is 0 Å². The summed E-state index contributed by atoms with van der Waals surface area (Å²) in [6.45, 7) is 2.21. The van der Waals surface area contributed by atoms with Gasteiger partial charge in [0.05, 0.1) is 0 Å². The molecule has 0 saturated heterocycles. The van der Waals surface area contributed by atoms with Gasteiger partial charge in [0.25, 0.3) is 0 Å². The number of aryl methyl sites for hydroxylation is 3. The molecule has 2 rings (SSSR count). The van der Waals surface area contributed by atoms with Crippen molar-refractivity contribution in [1.82, 2.24) is 4.98 Å². The van der Waals surface area contributed by atoms with Gasteiger partial charge in [-0.25, -0.2) is 0 Å². The van der Waals surface area contributed by atoms with Crippen LogP contribution in [0.25, 0.3) is 0 Å². The van der Waals surface area contributed by atoms with E-state index in [4.69, 9.17) is 0 Å². The lowest BCUT2D eigenvalue weighted by molar-refractivity contribution is 0.705. The Morgan fingerprint density at radius 3 is 2.92 bits per heavy atom. The average Bonchev–Trinajstić information content (AvgIpc) is 2.37. The highest BCUT2D eigenvalue weighted by atomic mass is 14.7. The molecule has 1 aromatic rings. The Hall–Kier alpha value is -0.720. The van der Waals surface area contributed by atoms with Crippen LogP contribution < -0.4 is 0 Å². The Balaban J connectivity index is 2.26. The highest BCUT2D eigenvalue weighted by molar-refractivity contribution is 5.27. The van der Waals surface area contributed by atoms with Crippen molar-refractivity contribution in [2.24, 2.45) is 0 Å². The Morgan fingerprint density at radius 2 is 2.08 bits per heavy atom. The third-order valence-electron chi connectivity index (χ3n) is 2.80. The summed E-state index contributed by atoms with van der Waals surface area (Å²) in [6, 6.07) is 2.36. The lowest BCUT2D eigenvalue weighted by atomic mass is 10.1. The van der Waals surface area contributed by atoms with Crippen LogP contribution in [-0.2, 0) is 19.3 Å². The summed E-state index contributed by atoms with van der Waals surface area (Å²) in [6.07, 6.45) is 7.88. The normalized spacial score (nSPS) is 17.1. The van der Waals surface area contributed by atoms with E-state index in [0.717, 1.165) is 6.42 Å². The number of H-pyrrole nitrogens is 1. The summed E-state index contributed by atoms with van der Waals surface area (Å²) in [4.78, 5) is 3.52. The summed E-state index contributed by atoms with van der Waals surface area (Å²) in [5.74, 6) is 0. The molecule has 0 aliphatic heterocycles. The van der Waals surface area contributed by atoms with Crippen LogP contribution in [0.15, 0.2) is 6.07 Å². The van der Waals surface area contributed by atoms with Gasteiger partial charge in [-0.1, -0.05) is 13.3 Å². The van der Waals surface area contributed by atoms with Crippen molar-refractivity contribution in [3.05, 3.63) is 23.0 Å². The van der Waals surface area contributed by atoms with Gasteiger partial charge in [-0.15, -0.1) is 0 Å². The molecule has 0 spiro atoms. The first-order valence-electron chi connectivity index (χ1n) is 5.10. The largest absolute Gasteiger partial charge is 0.362 e. The van der Waals surface area contributed by atoms with E-state index in [1.807, 2.05) is 0 Å². The summed E-state index contributed by atoms with van der Waals surface area (Å²) in [7, 11) is 0. The van der Waals surface area contributed by atoms with Gasteiger partial charge in [0.2, 0.25) is 0 Å². The predicted octanol–water partition coefficient (Wildman–Crippen LogP) is 2.85. The second kappa shape index (κ2) is 3.34. The molecule has 0 atom stereocenters. The average molecular weight is 163 g/mol. The van der Waals surface area contributed by atoms with Gasteiger partial charge < -0.3 is 4.98 Å². The zero-order valence-electron chi connectivity index (χ0n) is 7.82. The lowest BCUT2D eigenvalue weighted by Gasteiger charge is -1.94. The number of aromatic amines is 1. The Bertz CT molecular complexity index is 236. The molecule has 0 fully saturated rings. The summed E-state index contributed by atoms with van der Waals surface area (Å²) in [5.41, 5.74) is 4.52. The third-order valence-corrected chi connectivity index (χ3v) is 2.80. The SMILES string of the molecule is CCc1cc2c([nH]1)CCCCC2. The molecule has 1 aliphatic carbocycles. The molecule has 0 aromatic carbocycles. The Morgan fingerprint density at radius 1 is 1.25 bits per heavy atom. The van der Waals surface area contributed by atoms with Crippen molar-refractivity contribution in [1.29, 1.82) is 0 Å². The van der Waals surface area contributed by atoms with E-state index in [2.05, 4.69) is 18.0 Å². The quantitative estimate of drug-likeness (QED) is 0.613. The molecule has 1 N–H and O–H groups in total. The van der Waals surface area contributed by atoms with Crippen molar-refractivity contribution >= 4 is 0 Å². The fourth-order valence-corrected chi connectivity index (χ4v) is 2.04. The van der Waals surface area contributed by atoms with Gasteiger partial charge in [0.15, 0.2) is 0 Å². The van der Waals surface area contributed by atoms with Gasteiger partial charge in [0.1, 0.15) is 0 Å². The van der Waals surface area contributed by atoms with E-state index in [1.165, 1.54) is 43.5 Å². The standard InChI is InChI=1S/C11H17N/c1-2-10-8-9-6-4-3-5-7-11(9)12-10/h8,12H,2-7H2,1H3. The summed E-state index contributed by atoms with van der Waals surface area (Å²) in [5, 5.41) is 0. The first kappa shape index (κ1) is 7.90. The minimum atomic E-state index is 1.15. The Kier molecular flexibility index (Phi) is 2.20. The molecule has 0 saturated carbocycles. The van der Waals surface area contributed by atoms with Gasteiger partial charge in [-0.05, 0) is 43.7 Å². The van der Waals surface area contributed by atoms with Crippen molar-refractivity contribution in [3.8, 4) is 0 Å². The molecule has 0 unspecified atom stereocenters. The monoisotopic (exact) mass is 163 g/mol. The van der Waals surface area contributed by atoms with Crippen molar-refractivity contribution in [2.75, 3.05) is 0 Å². The maximum Gasteiger partial charge on any atom is 0.0181 e. The van der Waals surface area contributed by atoms with Crippen LogP contribution in [0.3, 0.4) is 0 Å². The zero-order valence-corrected chi connectivity index (χ0v) is 7.82. The Labute approximate surface area is 74.2 Å². The lowest BCUT2D eigenvalue weighted by Crippen LogP contribution is -1.86. The minimum absolute atomic E-state index is 1.15. The molecule has 12 heavy (non-hydrogen) atoms. The summed E-state index contributed by atoms with van der Waals surface area (Å²) >= 11 is 0. The number of hydrogen-bond acceptors (Lipinski definition) is 0. The van der Waals surface area contributed by atoms with Crippen LogP contribution in [0.1, 0.15) is 43.1 Å². The molecule has 1 aliphatic rings. The number of hydrogen-bond donors (Lipinski definition) is 1. The van der Waals surface area contributed by atoms with Crippen LogP contribution in [-0.4, -0.2) is 4.98 Å². The molecule has 0 bridgehead atoms. The van der Waals surface area contributed by atoms with E-state index >= 15 is 0 Å². The third kappa shape index (κ3) is 1.40. The smallest absolute Gasteiger partial charge is 0.0181 e. The first-order valence-corrected chi connectivity index (χ1v) is 5.10.